The number of nitrogens with one attached hydrogen (secondary N) is 1. The lowest BCUT2D eigenvalue weighted by molar-refractivity contribution is -0.118. The molecule has 2 aromatic rings. The van der Waals surface area contributed by atoms with Gasteiger partial charge in [0.1, 0.15) is 6.33 Å². The van der Waals surface area contributed by atoms with Gasteiger partial charge in [-0.25, -0.2) is 0 Å². The van der Waals surface area contributed by atoms with Crippen LogP contribution in [0.4, 0.5) is 0 Å². The Morgan fingerprint density at radius 2 is 2.00 bits per heavy atom. The van der Waals surface area contributed by atoms with E-state index in [1.807, 2.05) is 4.57 Å². The first-order valence-corrected chi connectivity index (χ1v) is 11.6. The number of amides is 1. The summed E-state index contributed by atoms with van der Waals surface area (Å²) in [6.45, 7) is 12.7. The molecule has 1 aromatic heterocycles. The Hall–Kier alpha value is -1.90. The van der Waals surface area contributed by atoms with Crippen molar-refractivity contribution in [1.29, 1.82) is 0 Å². The lowest BCUT2D eigenvalue weighted by Crippen LogP contribution is -2.49. The molecule has 0 bridgehead atoms. The van der Waals surface area contributed by atoms with Gasteiger partial charge in [0, 0.05) is 31.4 Å². The van der Waals surface area contributed by atoms with Gasteiger partial charge in [0.15, 0.2) is 5.16 Å². The van der Waals surface area contributed by atoms with Crippen molar-refractivity contribution in [2.24, 2.45) is 5.92 Å². The molecule has 0 radical (unpaired) electrons. The van der Waals surface area contributed by atoms with Crippen LogP contribution in [0.15, 0.2) is 29.7 Å². The van der Waals surface area contributed by atoms with Gasteiger partial charge in [-0.2, -0.15) is 0 Å². The summed E-state index contributed by atoms with van der Waals surface area (Å²) >= 11 is 1.41. The molecule has 2 heterocycles. The molecule has 0 aliphatic carbocycles. The van der Waals surface area contributed by atoms with Crippen LogP contribution in [0, 0.1) is 19.8 Å². The molecular weight excluding hydrogens is 398 g/mol. The van der Waals surface area contributed by atoms with Crippen molar-refractivity contribution in [3.63, 3.8) is 0 Å². The van der Waals surface area contributed by atoms with Gasteiger partial charge in [-0.1, -0.05) is 31.7 Å². The Kier molecular flexibility index (Phi) is 8.30. The number of rotatable bonds is 9. The van der Waals surface area contributed by atoms with E-state index in [1.54, 1.807) is 6.33 Å². The van der Waals surface area contributed by atoms with Crippen LogP contribution >= 0.6 is 11.8 Å². The van der Waals surface area contributed by atoms with Crippen LogP contribution in [0.2, 0.25) is 0 Å². The standard InChI is InChI=1S/C22H33N5O2S/c1-16(2)11-20(26-7-9-29-10-8-26)13-23-21(28)14-30-22-25-24-15-27(22)19-6-5-17(3)18(4)12-19/h5-6,12,15-16,20H,7-11,13-14H2,1-4H3,(H,23,28). The molecule has 3 rings (SSSR count). The second kappa shape index (κ2) is 10.9. The van der Waals surface area contributed by atoms with Crippen LogP contribution < -0.4 is 5.32 Å². The average molecular weight is 432 g/mol. The number of carbonyl (C=O) groups excluding carboxylic acids is 1. The van der Waals surface area contributed by atoms with Gasteiger partial charge < -0.3 is 10.1 Å². The van der Waals surface area contributed by atoms with E-state index in [-0.39, 0.29) is 5.91 Å². The highest BCUT2D eigenvalue weighted by Gasteiger charge is 2.22. The van der Waals surface area contributed by atoms with Gasteiger partial charge in [0.2, 0.25) is 5.91 Å². The van der Waals surface area contributed by atoms with E-state index in [0.29, 0.717) is 24.3 Å². The third-order valence-electron chi connectivity index (χ3n) is 5.46. The van der Waals surface area contributed by atoms with Crippen molar-refractivity contribution in [2.75, 3.05) is 38.6 Å². The molecular formula is C22H33N5O2S. The Balaban J connectivity index is 1.54. The van der Waals surface area contributed by atoms with E-state index in [9.17, 15) is 4.79 Å². The van der Waals surface area contributed by atoms with Crippen molar-refractivity contribution in [1.82, 2.24) is 25.0 Å². The average Bonchev–Trinajstić information content (AvgIpc) is 3.20. The normalized spacial score (nSPS) is 16.0. The lowest BCUT2D eigenvalue weighted by atomic mass is 10.0. The van der Waals surface area contributed by atoms with Crippen molar-refractivity contribution in [2.45, 2.75) is 45.3 Å². The molecule has 0 spiro atoms. The van der Waals surface area contributed by atoms with Gasteiger partial charge >= 0.3 is 0 Å². The summed E-state index contributed by atoms with van der Waals surface area (Å²) in [5.41, 5.74) is 3.47. The minimum atomic E-state index is 0.0247. The highest BCUT2D eigenvalue weighted by molar-refractivity contribution is 7.99. The molecule has 1 aliphatic heterocycles. The summed E-state index contributed by atoms with van der Waals surface area (Å²) < 4.78 is 7.40. The number of hydrogen-bond donors (Lipinski definition) is 1. The monoisotopic (exact) mass is 431 g/mol. The maximum Gasteiger partial charge on any atom is 0.230 e. The van der Waals surface area contributed by atoms with Crippen LogP contribution in [0.25, 0.3) is 5.69 Å². The number of ether oxygens (including phenoxy) is 1. The van der Waals surface area contributed by atoms with Crippen LogP contribution in [-0.2, 0) is 9.53 Å². The highest BCUT2D eigenvalue weighted by Crippen LogP contribution is 2.21. The van der Waals surface area contributed by atoms with Crippen LogP contribution in [-0.4, -0.2) is 70.2 Å². The zero-order chi connectivity index (χ0) is 21.5. The first kappa shape index (κ1) is 22.8. The number of thioether (sulfide) groups is 1. The molecule has 1 aliphatic rings. The molecule has 8 heteroatoms. The smallest absolute Gasteiger partial charge is 0.230 e. The Morgan fingerprint density at radius 3 is 2.70 bits per heavy atom. The summed E-state index contributed by atoms with van der Waals surface area (Å²) in [5.74, 6) is 0.929. The predicted molar refractivity (Wildman–Crippen MR) is 120 cm³/mol. The SMILES string of the molecule is Cc1ccc(-n2cnnc2SCC(=O)NCC(CC(C)C)N2CCOCC2)cc1C. The minimum absolute atomic E-state index is 0.0247. The highest BCUT2D eigenvalue weighted by atomic mass is 32.2. The number of benzene rings is 1. The molecule has 1 saturated heterocycles. The van der Waals surface area contributed by atoms with Crippen molar-refractivity contribution in [3.8, 4) is 5.69 Å². The van der Waals surface area contributed by atoms with Gasteiger partial charge in [-0.15, -0.1) is 10.2 Å². The molecule has 1 atom stereocenters. The largest absolute Gasteiger partial charge is 0.379 e. The second-order valence-corrected chi connectivity index (χ2v) is 9.22. The number of carbonyl (C=O) groups is 1. The first-order chi connectivity index (χ1) is 14.4. The number of morpholine rings is 1. The van der Waals surface area contributed by atoms with Crippen LogP contribution in [0.3, 0.4) is 0 Å². The summed E-state index contributed by atoms with van der Waals surface area (Å²) in [6.07, 6.45) is 2.76. The zero-order valence-electron chi connectivity index (χ0n) is 18.4. The van der Waals surface area contributed by atoms with Gasteiger partial charge in [-0.3, -0.25) is 14.3 Å². The van der Waals surface area contributed by atoms with Crippen LogP contribution in [0.5, 0.6) is 0 Å². The van der Waals surface area contributed by atoms with Gasteiger partial charge in [0.25, 0.3) is 0 Å². The molecule has 0 saturated carbocycles. The fourth-order valence-electron chi connectivity index (χ4n) is 3.64. The van der Waals surface area contributed by atoms with Gasteiger partial charge in [-0.05, 0) is 49.4 Å². The Labute approximate surface area is 183 Å². The third kappa shape index (κ3) is 6.30. The summed E-state index contributed by atoms with van der Waals surface area (Å²) in [4.78, 5) is 15.0. The van der Waals surface area contributed by atoms with Crippen molar-refractivity contribution < 1.29 is 9.53 Å². The lowest BCUT2D eigenvalue weighted by Gasteiger charge is -2.35. The molecule has 1 unspecified atom stereocenters. The van der Waals surface area contributed by atoms with Gasteiger partial charge in [0.05, 0.1) is 19.0 Å². The Morgan fingerprint density at radius 1 is 1.23 bits per heavy atom. The molecule has 1 amide bonds. The molecule has 1 fully saturated rings. The number of hydrogen-bond acceptors (Lipinski definition) is 6. The fraction of sp³-hybridized carbons (Fsp3) is 0.591. The van der Waals surface area contributed by atoms with Crippen LogP contribution in [0.1, 0.15) is 31.4 Å². The van der Waals surface area contributed by atoms with Crippen molar-refractivity contribution >= 4 is 17.7 Å². The molecule has 1 N–H and O–H groups in total. The maximum atomic E-state index is 12.5. The zero-order valence-corrected chi connectivity index (χ0v) is 19.2. The molecule has 1 aromatic carbocycles. The molecule has 30 heavy (non-hydrogen) atoms. The Bertz CT molecular complexity index is 833. The summed E-state index contributed by atoms with van der Waals surface area (Å²) in [6, 6.07) is 6.60. The predicted octanol–water partition coefficient (Wildman–Crippen LogP) is 2.84. The van der Waals surface area contributed by atoms with E-state index in [4.69, 9.17) is 4.74 Å². The van der Waals surface area contributed by atoms with E-state index < -0.39 is 0 Å². The first-order valence-electron chi connectivity index (χ1n) is 10.6. The maximum absolute atomic E-state index is 12.5. The van der Waals surface area contributed by atoms with Crippen molar-refractivity contribution in [3.05, 3.63) is 35.7 Å². The number of aryl methyl sites for hydroxylation is 2. The topological polar surface area (TPSA) is 72.3 Å². The minimum Gasteiger partial charge on any atom is -0.379 e. The second-order valence-electron chi connectivity index (χ2n) is 8.28. The summed E-state index contributed by atoms with van der Waals surface area (Å²) in [5, 5.41) is 12.1. The molecule has 164 valence electrons. The van der Waals surface area contributed by atoms with E-state index in [0.717, 1.165) is 43.6 Å². The third-order valence-corrected chi connectivity index (χ3v) is 6.40. The quantitative estimate of drug-likeness (QED) is 0.616. The number of aromatic nitrogens is 3. The molecule has 7 nitrogen and oxygen atoms in total. The van der Waals surface area contributed by atoms with E-state index in [1.165, 1.54) is 22.9 Å². The number of nitrogens with zero attached hydrogens (tertiary/aromatic N) is 4. The van der Waals surface area contributed by atoms with E-state index >= 15 is 0 Å². The summed E-state index contributed by atoms with van der Waals surface area (Å²) in [7, 11) is 0. The fourth-order valence-corrected chi connectivity index (χ4v) is 4.40. The van der Waals surface area contributed by atoms with E-state index in [2.05, 4.69) is 66.3 Å².